The summed E-state index contributed by atoms with van der Waals surface area (Å²) < 4.78 is 7.19. The van der Waals surface area contributed by atoms with E-state index in [-0.39, 0.29) is 5.91 Å². The molecular weight excluding hydrogens is 330 g/mol. The number of fused-ring (bicyclic) bond motifs is 1. The Hall–Kier alpha value is -2.67. The number of pyridine rings is 1. The number of carbonyl (C=O) groups excluding carboxylic acids is 1. The van der Waals surface area contributed by atoms with Crippen molar-refractivity contribution >= 4 is 11.6 Å². The second-order valence-corrected chi connectivity index (χ2v) is 6.83. The number of nitrogens with zero attached hydrogens (tertiary/aromatic N) is 5. The quantitative estimate of drug-likeness (QED) is 0.716. The molecule has 0 aliphatic carbocycles. The summed E-state index contributed by atoms with van der Waals surface area (Å²) in [5.74, 6) is 0.883. The summed E-state index contributed by atoms with van der Waals surface area (Å²) in [6.45, 7) is 7.77. The van der Waals surface area contributed by atoms with E-state index in [1.807, 2.05) is 47.5 Å². The van der Waals surface area contributed by atoms with Gasteiger partial charge < -0.3 is 13.8 Å². The van der Waals surface area contributed by atoms with Gasteiger partial charge in [0.15, 0.2) is 0 Å². The first-order valence-electron chi connectivity index (χ1n) is 8.94. The molecule has 7 nitrogen and oxygen atoms in total. The number of aryl methyl sites for hydroxylation is 2. The molecule has 4 heterocycles. The SMILES string of the molecule is Cc1noc(C)c1CC(=O)N1CCN(Cc2cn3ccccc3n2)CC1. The van der Waals surface area contributed by atoms with Gasteiger partial charge in [-0.15, -0.1) is 0 Å². The maximum atomic E-state index is 12.6. The van der Waals surface area contributed by atoms with E-state index >= 15 is 0 Å². The van der Waals surface area contributed by atoms with E-state index in [1.54, 1.807) is 0 Å². The minimum atomic E-state index is 0.145. The molecule has 4 rings (SSSR count). The smallest absolute Gasteiger partial charge is 0.227 e. The van der Waals surface area contributed by atoms with Gasteiger partial charge in [0.1, 0.15) is 11.4 Å². The van der Waals surface area contributed by atoms with Crippen LogP contribution >= 0.6 is 0 Å². The van der Waals surface area contributed by atoms with Gasteiger partial charge in [0.05, 0.1) is 17.8 Å². The molecule has 0 bridgehead atoms. The van der Waals surface area contributed by atoms with Crippen LogP contribution in [-0.4, -0.2) is 56.4 Å². The molecule has 0 N–H and O–H groups in total. The van der Waals surface area contributed by atoms with Crippen LogP contribution in [0.4, 0.5) is 0 Å². The van der Waals surface area contributed by atoms with E-state index in [0.717, 1.165) is 61.1 Å². The normalized spacial score (nSPS) is 15.7. The Morgan fingerprint density at radius 2 is 2.00 bits per heavy atom. The van der Waals surface area contributed by atoms with Crippen LogP contribution in [0.2, 0.25) is 0 Å². The van der Waals surface area contributed by atoms with Gasteiger partial charge >= 0.3 is 0 Å². The summed E-state index contributed by atoms with van der Waals surface area (Å²) in [5, 5.41) is 3.93. The highest BCUT2D eigenvalue weighted by Crippen LogP contribution is 2.15. The average molecular weight is 353 g/mol. The van der Waals surface area contributed by atoms with Crippen LogP contribution in [0.15, 0.2) is 35.1 Å². The predicted molar refractivity (Wildman–Crippen MR) is 96.7 cm³/mol. The molecule has 1 aliphatic heterocycles. The molecule has 1 aliphatic rings. The van der Waals surface area contributed by atoms with Gasteiger partial charge in [0, 0.05) is 50.7 Å². The van der Waals surface area contributed by atoms with Crippen LogP contribution in [0.25, 0.3) is 5.65 Å². The fourth-order valence-corrected chi connectivity index (χ4v) is 3.47. The number of hydrogen-bond donors (Lipinski definition) is 0. The highest BCUT2D eigenvalue weighted by molar-refractivity contribution is 5.79. The predicted octanol–water partition coefficient (Wildman–Crippen LogP) is 1.83. The summed E-state index contributed by atoms with van der Waals surface area (Å²) in [6, 6.07) is 6.01. The van der Waals surface area contributed by atoms with Crippen molar-refractivity contribution in [1.82, 2.24) is 24.3 Å². The number of rotatable bonds is 4. The summed E-state index contributed by atoms with van der Waals surface area (Å²) >= 11 is 0. The summed E-state index contributed by atoms with van der Waals surface area (Å²) in [4.78, 5) is 21.5. The van der Waals surface area contributed by atoms with Crippen LogP contribution in [0.5, 0.6) is 0 Å². The Bertz CT molecular complexity index is 869. The third-order valence-corrected chi connectivity index (χ3v) is 5.03. The third-order valence-electron chi connectivity index (χ3n) is 5.03. The average Bonchev–Trinajstić information content (AvgIpc) is 3.19. The molecule has 0 atom stereocenters. The molecule has 0 aromatic carbocycles. The van der Waals surface area contributed by atoms with Gasteiger partial charge in [0.25, 0.3) is 0 Å². The van der Waals surface area contributed by atoms with Crippen molar-refractivity contribution in [2.24, 2.45) is 0 Å². The van der Waals surface area contributed by atoms with Crippen LogP contribution < -0.4 is 0 Å². The summed E-state index contributed by atoms with van der Waals surface area (Å²) in [6.07, 6.45) is 4.45. The number of imidazole rings is 1. The number of aromatic nitrogens is 3. The van der Waals surface area contributed by atoms with Crippen molar-refractivity contribution in [3.63, 3.8) is 0 Å². The lowest BCUT2D eigenvalue weighted by molar-refractivity contribution is -0.132. The van der Waals surface area contributed by atoms with Gasteiger partial charge in [-0.05, 0) is 26.0 Å². The zero-order valence-corrected chi connectivity index (χ0v) is 15.2. The monoisotopic (exact) mass is 353 g/mol. The lowest BCUT2D eigenvalue weighted by Gasteiger charge is -2.34. The molecule has 0 unspecified atom stereocenters. The molecule has 1 fully saturated rings. The van der Waals surface area contributed by atoms with Crippen molar-refractivity contribution in [3.05, 3.63) is 53.3 Å². The first-order valence-corrected chi connectivity index (χ1v) is 8.94. The first kappa shape index (κ1) is 16.8. The molecule has 0 radical (unpaired) electrons. The number of amides is 1. The Morgan fingerprint density at radius 3 is 2.69 bits per heavy atom. The minimum Gasteiger partial charge on any atom is -0.361 e. The van der Waals surface area contributed by atoms with E-state index in [0.29, 0.717) is 6.42 Å². The lowest BCUT2D eigenvalue weighted by Crippen LogP contribution is -2.48. The van der Waals surface area contributed by atoms with Crippen LogP contribution in [-0.2, 0) is 17.8 Å². The van der Waals surface area contributed by atoms with E-state index in [2.05, 4.69) is 21.2 Å². The highest BCUT2D eigenvalue weighted by atomic mass is 16.5. The first-order chi connectivity index (χ1) is 12.6. The molecule has 0 saturated carbocycles. The zero-order chi connectivity index (χ0) is 18.1. The largest absolute Gasteiger partial charge is 0.361 e. The zero-order valence-electron chi connectivity index (χ0n) is 15.2. The second kappa shape index (κ2) is 6.92. The van der Waals surface area contributed by atoms with Gasteiger partial charge in [-0.2, -0.15) is 0 Å². The Labute approximate surface area is 152 Å². The Morgan fingerprint density at radius 1 is 1.19 bits per heavy atom. The van der Waals surface area contributed by atoms with Crippen molar-refractivity contribution in [1.29, 1.82) is 0 Å². The van der Waals surface area contributed by atoms with E-state index in [1.165, 1.54) is 0 Å². The van der Waals surface area contributed by atoms with Gasteiger partial charge in [-0.3, -0.25) is 9.69 Å². The molecular formula is C19H23N5O2. The molecule has 1 saturated heterocycles. The van der Waals surface area contributed by atoms with E-state index < -0.39 is 0 Å². The fraction of sp³-hybridized carbons (Fsp3) is 0.421. The molecule has 0 spiro atoms. The maximum Gasteiger partial charge on any atom is 0.227 e. The highest BCUT2D eigenvalue weighted by Gasteiger charge is 2.23. The Balaban J connectivity index is 1.33. The summed E-state index contributed by atoms with van der Waals surface area (Å²) in [7, 11) is 0. The second-order valence-electron chi connectivity index (χ2n) is 6.83. The van der Waals surface area contributed by atoms with Crippen molar-refractivity contribution < 1.29 is 9.32 Å². The van der Waals surface area contributed by atoms with Crippen LogP contribution in [0.1, 0.15) is 22.7 Å². The Kier molecular flexibility index (Phi) is 4.46. The molecule has 26 heavy (non-hydrogen) atoms. The summed E-state index contributed by atoms with van der Waals surface area (Å²) in [5.41, 5.74) is 3.76. The van der Waals surface area contributed by atoms with Gasteiger partial charge in [-0.1, -0.05) is 11.2 Å². The molecule has 1 amide bonds. The lowest BCUT2D eigenvalue weighted by atomic mass is 10.1. The van der Waals surface area contributed by atoms with Crippen LogP contribution in [0, 0.1) is 13.8 Å². The molecule has 7 heteroatoms. The maximum absolute atomic E-state index is 12.6. The van der Waals surface area contributed by atoms with Gasteiger partial charge in [0.2, 0.25) is 5.91 Å². The number of piperazine rings is 1. The fourth-order valence-electron chi connectivity index (χ4n) is 3.47. The van der Waals surface area contributed by atoms with E-state index in [9.17, 15) is 4.79 Å². The number of carbonyl (C=O) groups is 1. The topological polar surface area (TPSA) is 66.9 Å². The standard InChI is InChI=1S/C19H23N5O2/c1-14-17(15(2)26-21-14)11-19(25)23-9-7-22(8-10-23)12-16-13-24-6-4-3-5-18(24)20-16/h3-6,13H,7-12H2,1-2H3. The third kappa shape index (κ3) is 3.35. The number of hydrogen-bond acceptors (Lipinski definition) is 5. The van der Waals surface area contributed by atoms with Crippen molar-refractivity contribution in [2.75, 3.05) is 26.2 Å². The molecule has 3 aromatic rings. The molecule has 136 valence electrons. The van der Waals surface area contributed by atoms with E-state index in [4.69, 9.17) is 4.52 Å². The molecule has 3 aromatic heterocycles. The van der Waals surface area contributed by atoms with Crippen molar-refractivity contribution in [3.8, 4) is 0 Å². The van der Waals surface area contributed by atoms with Crippen molar-refractivity contribution in [2.45, 2.75) is 26.8 Å². The minimum absolute atomic E-state index is 0.145. The van der Waals surface area contributed by atoms with Gasteiger partial charge in [-0.25, -0.2) is 4.98 Å². The van der Waals surface area contributed by atoms with Crippen LogP contribution in [0.3, 0.4) is 0 Å².